The fraction of sp³-hybridized carbons (Fsp3) is 0.600. The first-order chi connectivity index (χ1) is 23.4. The minimum absolute atomic E-state index is 0.0445. The van der Waals surface area contributed by atoms with Gasteiger partial charge in [0.15, 0.2) is 0 Å². The molecule has 0 aromatic heterocycles. The smallest absolute Gasteiger partial charge is 0.223 e. The Morgan fingerprint density at radius 2 is 1.20 bits per heavy atom. The van der Waals surface area contributed by atoms with Crippen LogP contribution in [0, 0.1) is 13.8 Å². The molecule has 0 aliphatic heterocycles. The van der Waals surface area contributed by atoms with Gasteiger partial charge in [0.05, 0.1) is 41.3 Å². The van der Waals surface area contributed by atoms with Crippen LogP contribution >= 0.6 is 0 Å². The van der Waals surface area contributed by atoms with Crippen molar-refractivity contribution in [3.8, 4) is 33.8 Å². The maximum absolute atomic E-state index is 6.77. The summed E-state index contributed by atoms with van der Waals surface area (Å²) in [6.45, 7) is 18.0. The largest absolute Gasteiger partial charge is 0.487 e. The first kappa shape index (κ1) is 39.0. The van der Waals surface area contributed by atoms with Crippen molar-refractivity contribution in [1.82, 2.24) is 0 Å². The number of unbranched alkanes of at least 4 members (excludes halogenated alkanes) is 6. The summed E-state index contributed by atoms with van der Waals surface area (Å²) in [4.78, 5) is 0. The van der Waals surface area contributed by atoms with E-state index in [4.69, 9.17) is 9.47 Å². The van der Waals surface area contributed by atoms with E-state index in [9.17, 15) is 0 Å². The van der Waals surface area contributed by atoms with Gasteiger partial charge in [-0.05, 0) is 91.6 Å². The second-order valence-corrected chi connectivity index (χ2v) is 16.4. The van der Waals surface area contributed by atoms with Gasteiger partial charge in [0, 0.05) is 11.0 Å². The van der Waals surface area contributed by atoms with Crippen molar-refractivity contribution in [2.45, 2.75) is 118 Å². The Balaban J connectivity index is 1.84. The second kappa shape index (κ2) is 17.4. The third-order valence-electron chi connectivity index (χ3n) is 11.2. The zero-order chi connectivity index (χ0) is 35.7. The normalized spacial score (nSPS) is 13.8. The molecule has 270 valence electrons. The summed E-state index contributed by atoms with van der Waals surface area (Å²) >= 11 is 0. The SMILES string of the molecule is CCCCCCC1(CCCCCC)c2cc(C)ccc2-c2ccc(-c3cc(OCC[N+](C)(C)CC)c(C)cc3OC[N+](C)(C)CCC)cc21. The maximum atomic E-state index is 6.77. The van der Waals surface area contributed by atoms with Gasteiger partial charge in [0.25, 0.3) is 0 Å². The van der Waals surface area contributed by atoms with E-state index in [1.165, 1.54) is 92.0 Å². The Labute approximate surface area is 301 Å². The second-order valence-electron chi connectivity index (χ2n) is 16.4. The van der Waals surface area contributed by atoms with Crippen molar-refractivity contribution in [1.29, 1.82) is 0 Å². The van der Waals surface area contributed by atoms with Gasteiger partial charge in [-0.3, -0.25) is 4.48 Å². The molecule has 4 heteroatoms. The molecule has 3 aromatic carbocycles. The zero-order valence-corrected chi connectivity index (χ0v) is 33.1. The molecular formula is C45H70N2O2+2. The molecule has 0 bridgehead atoms. The molecule has 0 radical (unpaired) electrons. The predicted molar refractivity (Wildman–Crippen MR) is 211 cm³/mol. The van der Waals surface area contributed by atoms with E-state index < -0.39 is 0 Å². The van der Waals surface area contributed by atoms with Crippen molar-refractivity contribution in [2.24, 2.45) is 0 Å². The van der Waals surface area contributed by atoms with E-state index in [0.717, 1.165) is 57.6 Å². The number of benzene rings is 3. The highest BCUT2D eigenvalue weighted by Gasteiger charge is 2.42. The molecular weight excluding hydrogens is 601 g/mol. The third kappa shape index (κ3) is 9.70. The lowest BCUT2D eigenvalue weighted by Gasteiger charge is -2.33. The minimum Gasteiger partial charge on any atom is -0.487 e. The lowest BCUT2D eigenvalue weighted by atomic mass is 9.70. The first-order valence-corrected chi connectivity index (χ1v) is 19.7. The fourth-order valence-electron chi connectivity index (χ4n) is 7.78. The molecule has 0 spiro atoms. The molecule has 0 heterocycles. The highest BCUT2D eigenvalue weighted by Crippen LogP contribution is 2.55. The van der Waals surface area contributed by atoms with E-state index in [0.29, 0.717) is 13.3 Å². The van der Waals surface area contributed by atoms with Crippen LogP contribution in [0.5, 0.6) is 11.5 Å². The van der Waals surface area contributed by atoms with Gasteiger partial charge in [0.2, 0.25) is 6.73 Å². The van der Waals surface area contributed by atoms with Crippen LogP contribution in [0.25, 0.3) is 22.3 Å². The molecule has 0 N–H and O–H groups in total. The summed E-state index contributed by atoms with van der Waals surface area (Å²) in [6.07, 6.45) is 13.9. The topological polar surface area (TPSA) is 18.5 Å². The van der Waals surface area contributed by atoms with Gasteiger partial charge in [0.1, 0.15) is 24.7 Å². The van der Waals surface area contributed by atoms with Crippen LogP contribution in [0.15, 0.2) is 48.5 Å². The summed E-state index contributed by atoms with van der Waals surface area (Å²) in [5.74, 6) is 1.92. The molecule has 0 fully saturated rings. The van der Waals surface area contributed by atoms with Gasteiger partial charge in [-0.25, -0.2) is 0 Å². The van der Waals surface area contributed by atoms with Crippen LogP contribution in [0.1, 0.15) is 121 Å². The maximum Gasteiger partial charge on any atom is 0.223 e. The zero-order valence-electron chi connectivity index (χ0n) is 33.1. The molecule has 4 nitrogen and oxygen atoms in total. The standard InChI is InChI=1S/C45H70N2O2/c1-11-15-17-19-25-45(26-20-18-16-12-2)41-30-35(5)21-23-38(41)39-24-22-37(32-42(39)45)40-33-43(48-29-28-46(7,8)14-4)36(6)31-44(40)49-34-47(9,10)27-13-3/h21-24,30-33H,11-20,25-29,34H2,1-10H3/q+2. The van der Waals surface area contributed by atoms with Crippen molar-refractivity contribution >= 4 is 0 Å². The summed E-state index contributed by atoms with van der Waals surface area (Å²) in [6, 6.07) is 19.0. The molecule has 1 aliphatic carbocycles. The van der Waals surface area contributed by atoms with Crippen LogP contribution in [-0.2, 0) is 5.41 Å². The van der Waals surface area contributed by atoms with Gasteiger partial charge in [-0.15, -0.1) is 0 Å². The van der Waals surface area contributed by atoms with E-state index >= 15 is 0 Å². The number of nitrogens with zero attached hydrogens (tertiary/aromatic N) is 2. The average Bonchev–Trinajstić information content (AvgIpc) is 3.33. The number of quaternary nitrogens is 2. The molecule has 4 rings (SSSR count). The van der Waals surface area contributed by atoms with E-state index in [2.05, 4.69) is 118 Å². The van der Waals surface area contributed by atoms with Crippen LogP contribution in [0.2, 0.25) is 0 Å². The number of ether oxygens (including phenoxy) is 2. The monoisotopic (exact) mass is 671 g/mol. The van der Waals surface area contributed by atoms with Crippen molar-refractivity contribution in [3.63, 3.8) is 0 Å². The Bertz CT molecular complexity index is 1490. The van der Waals surface area contributed by atoms with E-state index in [1.807, 2.05) is 0 Å². The highest BCUT2D eigenvalue weighted by molar-refractivity contribution is 5.85. The van der Waals surface area contributed by atoms with Crippen molar-refractivity contribution in [3.05, 3.63) is 70.8 Å². The van der Waals surface area contributed by atoms with E-state index in [-0.39, 0.29) is 5.41 Å². The lowest BCUT2D eigenvalue weighted by Crippen LogP contribution is -2.43. The highest BCUT2D eigenvalue weighted by atomic mass is 16.5. The molecule has 0 unspecified atom stereocenters. The van der Waals surface area contributed by atoms with Crippen LogP contribution in [0.3, 0.4) is 0 Å². The molecule has 0 saturated carbocycles. The quantitative estimate of drug-likeness (QED) is 0.0638. The van der Waals surface area contributed by atoms with Crippen LogP contribution in [-0.4, -0.2) is 70.1 Å². The summed E-state index contributed by atoms with van der Waals surface area (Å²) in [5.41, 5.74) is 10.9. The molecule has 0 atom stereocenters. The van der Waals surface area contributed by atoms with Crippen LogP contribution in [0.4, 0.5) is 0 Å². The number of aryl methyl sites for hydroxylation is 2. The number of hydrogen-bond donors (Lipinski definition) is 0. The minimum atomic E-state index is 0.0445. The van der Waals surface area contributed by atoms with Crippen LogP contribution < -0.4 is 9.47 Å². The van der Waals surface area contributed by atoms with Crippen molar-refractivity contribution < 1.29 is 18.4 Å². The molecule has 1 aliphatic rings. The van der Waals surface area contributed by atoms with Gasteiger partial charge in [-0.1, -0.05) is 108 Å². The Morgan fingerprint density at radius 1 is 0.571 bits per heavy atom. The molecule has 3 aromatic rings. The fourth-order valence-corrected chi connectivity index (χ4v) is 7.78. The lowest BCUT2D eigenvalue weighted by molar-refractivity contribution is -0.905. The Hall–Kier alpha value is -2.82. The summed E-state index contributed by atoms with van der Waals surface area (Å²) in [7, 11) is 9.08. The van der Waals surface area contributed by atoms with E-state index in [1.54, 1.807) is 5.56 Å². The first-order valence-electron chi connectivity index (χ1n) is 19.7. The summed E-state index contributed by atoms with van der Waals surface area (Å²) in [5, 5.41) is 0. The number of likely N-dealkylation sites (N-methyl/N-ethyl adjacent to an activating group) is 1. The predicted octanol–water partition coefficient (Wildman–Crippen LogP) is 11.5. The van der Waals surface area contributed by atoms with Gasteiger partial charge in [-0.2, -0.15) is 0 Å². The Kier molecular flexibility index (Phi) is 13.8. The number of hydrogen-bond acceptors (Lipinski definition) is 2. The summed E-state index contributed by atoms with van der Waals surface area (Å²) < 4.78 is 15.1. The molecule has 49 heavy (non-hydrogen) atoms. The third-order valence-corrected chi connectivity index (χ3v) is 11.2. The Morgan fingerprint density at radius 3 is 1.82 bits per heavy atom. The van der Waals surface area contributed by atoms with Crippen molar-refractivity contribution in [2.75, 3.05) is 61.2 Å². The van der Waals surface area contributed by atoms with Gasteiger partial charge >= 0.3 is 0 Å². The molecule has 0 amide bonds. The number of rotatable bonds is 21. The van der Waals surface area contributed by atoms with Gasteiger partial charge < -0.3 is 14.0 Å². The molecule has 0 saturated heterocycles. The number of fused-ring (bicyclic) bond motifs is 3. The average molecular weight is 671 g/mol.